The molecule has 6 heteroatoms. The van der Waals surface area contributed by atoms with Crippen molar-refractivity contribution < 1.29 is 4.42 Å². The molecule has 0 unspecified atom stereocenters. The average molecular weight is 677 g/mol. The Hall–Kier alpha value is -6.24. The lowest BCUT2D eigenvalue weighted by Gasteiger charge is -2.12. The molecule has 5 nitrogen and oxygen atoms in total. The van der Waals surface area contributed by atoms with Crippen molar-refractivity contribution in [2.75, 3.05) is 0 Å². The maximum atomic E-state index is 6.70. The van der Waals surface area contributed by atoms with Crippen LogP contribution < -0.4 is 5.73 Å². The predicted molar refractivity (Wildman–Crippen MR) is 216 cm³/mol. The number of fused-ring (bicyclic) bond motifs is 10. The first-order valence-corrected chi connectivity index (χ1v) is 18.1. The van der Waals surface area contributed by atoms with Gasteiger partial charge in [-0.25, -0.2) is 4.99 Å². The first-order chi connectivity index (χ1) is 25.2. The van der Waals surface area contributed by atoms with Crippen LogP contribution in [-0.2, 0) is 6.54 Å². The Morgan fingerprint density at radius 2 is 1.53 bits per heavy atom. The lowest BCUT2D eigenvalue weighted by Crippen LogP contribution is -2.18. The number of benzene rings is 6. The van der Waals surface area contributed by atoms with Crippen molar-refractivity contribution in [3.05, 3.63) is 162 Å². The van der Waals surface area contributed by atoms with Crippen molar-refractivity contribution >= 4 is 86.9 Å². The maximum absolute atomic E-state index is 6.70. The molecule has 9 aromatic rings. The number of hydrogen-bond donors (Lipinski definition) is 1. The summed E-state index contributed by atoms with van der Waals surface area (Å²) in [6, 6.07) is 44.9. The van der Waals surface area contributed by atoms with E-state index < -0.39 is 0 Å². The first-order valence-electron chi connectivity index (χ1n) is 17.3. The number of thiophene rings is 1. The minimum Gasteiger partial charge on any atom is -0.456 e. The Balaban J connectivity index is 1.14. The first kappa shape index (κ1) is 29.7. The fourth-order valence-electron chi connectivity index (χ4n) is 7.64. The van der Waals surface area contributed by atoms with E-state index in [1.54, 1.807) is 0 Å². The highest BCUT2D eigenvalue weighted by molar-refractivity contribution is 7.26. The van der Waals surface area contributed by atoms with E-state index in [0.29, 0.717) is 18.2 Å². The quantitative estimate of drug-likeness (QED) is 0.146. The summed E-state index contributed by atoms with van der Waals surface area (Å²) in [5.74, 6) is 1.09. The Labute approximate surface area is 298 Å². The summed E-state index contributed by atoms with van der Waals surface area (Å²) in [5, 5.41) is 7.11. The van der Waals surface area contributed by atoms with Gasteiger partial charge in [0.05, 0.1) is 17.6 Å². The number of nitrogens with zero attached hydrogens (tertiary/aromatic N) is 3. The molecule has 1 aliphatic carbocycles. The standard InChI is InChI=1S/C45H32N4OS/c46-44(29-13-2-1-3-14-29)48-45(35-19-11-22-38-41(35)33-17-5-8-21-37(33)50-38)47-27-28-12-10-15-30(26-28)49-36-20-7-4-16-31(36)32-24-25-40-42(43(32)49)34-18-6-9-23-39(34)51-40/h1-2,4-13,15-26H,3,14,27H2,(H2,46,47,48). The molecular weight excluding hydrogens is 645 g/mol. The predicted octanol–water partition coefficient (Wildman–Crippen LogP) is 11.6. The highest BCUT2D eigenvalue weighted by Gasteiger charge is 2.19. The van der Waals surface area contributed by atoms with Crippen molar-refractivity contribution in [3.8, 4) is 5.69 Å². The second-order valence-corrected chi connectivity index (χ2v) is 14.1. The molecule has 3 aromatic heterocycles. The molecular formula is C45H32N4OS. The molecule has 0 aliphatic heterocycles. The van der Waals surface area contributed by atoms with Crippen LogP contribution in [0.3, 0.4) is 0 Å². The topological polar surface area (TPSA) is 68.8 Å². The van der Waals surface area contributed by atoms with Gasteiger partial charge < -0.3 is 14.7 Å². The normalized spacial score (nSPS) is 14.2. The van der Waals surface area contributed by atoms with Crippen molar-refractivity contribution in [2.24, 2.45) is 15.7 Å². The van der Waals surface area contributed by atoms with E-state index in [0.717, 1.165) is 57.2 Å². The fourth-order valence-corrected chi connectivity index (χ4v) is 8.75. The van der Waals surface area contributed by atoms with Gasteiger partial charge in [0.25, 0.3) is 0 Å². The molecule has 0 fully saturated rings. The van der Waals surface area contributed by atoms with E-state index in [-0.39, 0.29) is 0 Å². The minimum atomic E-state index is 0.430. The molecule has 51 heavy (non-hydrogen) atoms. The summed E-state index contributed by atoms with van der Waals surface area (Å²) < 4.78 is 11.3. The summed E-state index contributed by atoms with van der Waals surface area (Å²) in [6.45, 7) is 0.430. The van der Waals surface area contributed by atoms with Crippen LogP contribution in [0.25, 0.3) is 69.6 Å². The van der Waals surface area contributed by atoms with E-state index in [1.165, 1.54) is 42.0 Å². The van der Waals surface area contributed by atoms with Crippen LogP contribution in [0, 0.1) is 0 Å². The average Bonchev–Trinajstić information content (AvgIpc) is 3.86. The molecule has 0 bridgehead atoms. The number of nitrogens with two attached hydrogens (primary N) is 1. The number of furan rings is 1. The van der Waals surface area contributed by atoms with E-state index >= 15 is 0 Å². The molecule has 0 spiro atoms. The zero-order valence-electron chi connectivity index (χ0n) is 27.7. The summed E-state index contributed by atoms with van der Waals surface area (Å²) in [7, 11) is 0. The molecule has 3 heterocycles. The van der Waals surface area contributed by atoms with Crippen LogP contribution in [0.1, 0.15) is 24.0 Å². The number of para-hydroxylation sites is 2. The van der Waals surface area contributed by atoms with Gasteiger partial charge in [0, 0.05) is 53.0 Å². The third kappa shape index (κ3) is 4.90. The molecule has 10 rings (SSSR count). The molecule has 0 atom stereocenters. The SMILES string of the molecule is NC(=NC(=NCc1cccc(-n2c3ccccc3c3ccc4sc5ccccc5c4c32)c1)c1cccc2oc3ccccc3c12)C1=CC=CCC1. The minimum absolute atomic E-state index is 0.430. The van der Waals surface area contributed by atoms with Gasteiger partial charge in [-0.3, -0.25) is 4.99 Å². The molecule has 1 aliphatic rings. The van der Waals surface area contributed by atoms with Crippen LogP contribution in [0.2, 0.25) is 0 Å². The van der Waals surface area contributed by atoms with Crippen LogP contribution in [0.4, 0.5) is 0 Å². The molecule has 0 radical (unpaired) electrons. The van der Waals surface area contributed by atoms with Gasteiger partial charge in [-0.15, -0.1) is 11.3 Å². The van der Waals surface area contributed by atoms with Crippen LogP contribution in [0.15, 0.2) is 166 Å². The molecule has 244 valence electrons. The lowest BCUT2D eigenvalue weighted by atomic mass is 10.0. The van der Waals surface area contributed by atoms with Crippen molar-refractivity contribution in [2.45, 2.75) is 19.4 Å². The van der Waals surface area contributed by atoms with Gasteiger partial charge in [-0.1, -0.05) is 103 Å². The van der Waals surface area contributed by atoms with E-state index in [1.807, 2.05) is 41.7 Å². The third-order valence-corrected chi connectivity index (χ3v) is 11.1. The lowest BCUT2D eigenvalue weighted by molar-refractivity contribution is 0.669. The van der Waals surface area contributed by atoms with Crippen molar-refractivity contribution in [1.82, 2.24) is 4.57 Å². The monoisotopic (exact) mass is 676 g/mol. The van der Waals surface area contributed by atoms with Crippen LogP contribution in [0.5, 0.6) is 0 Å². The second kappa shape index (κ2) is 12.0. The Kier molecular flexibility index (Phi) is 6.96. The smallest absolute Gasteiger partial charge is 0.158 e. The van der Waals surface area contributed by atoms with Gasteiger partial charge in [0.2, 0.25) is 0 Å². The van der Waals surface area contributed by atoms with E-state index in [2.05, 4.69) is 120 Å². The second-order valence-electron chi connectivity index (χ2n) is 13.0. The molecule has 0 saturated heterocycles. The molecule has 2 N–H and O–H groups in total. The van der Waals surface area contributed by atoms with Crippen molar-refractivity contribution in [3.63, 3.8) is 0 Å². The highest BCUT2D eigenvalue weighted by Crippen LogP contribution is 2.43. The Morgan fingerprint density at radius 3 is 2.43 bits per heavy atom. The molecule has 0 amide bonds. The Morgan fingerprint density at radius 1 is 0.725 bits per heavy atom. The van der Waals surface area contributed by atoms with Crippen LogP contribution >= 0.6 is 11.3 Å². The molecule has 0 saturated carbocycles. The van der Waals surface area contributed by atoms with Gasteiger partial charge in [-0.05, 0) is 66.4 Å². The largest absolute Gasteiger partial charge is 0.456 e. The summed E-state index contributed by atoms with van der Waals surface area (Å²) in [6.07, 6.45) is 8.05. The maximum Gasteiger partial charge on any atom is 0.158 e. The number of aromatic nitrogens is 1. The number of hydrogen-bond acceptors (Lipinski definition) is 3. The Bertz CT molecular complexity index is 2970. The number of amidine groups is 2. The van der Waals surface area contributed by atoms with Gasteiger partial charge >= 0.3 is 0 Å². The van der Waals surface area contributed by atoms with Crippen molar-refractivity contribution in [1.29, 1.82) is 0 Å². The zero-order valence-corrected chi connectivity index (χ0v) is 28.5. The van der Waals surface area contributed by atoms with E-state index in [4.69, 9.17) is 20.1 Å². The van der Waals surface area contributed by atoms with Gasteiger partial charge in [0.15, 0.2) is 5.84 Å². The molecule has 6 aromatic carbocycles. The zero-order chi connectivity index (χ0) is 33.9. The van der Waals surface area contributed by atoms with E-state index in [9.17, 15) is 0 Å². The highest BCUT2D eigenvalue weighted by atomic mass is 32.1. The summed E-state index contributed by atoms with van der Waals surface area (Å²) >= 11 is 1.85. The number of aliphatic imine (C=N–C) groups is 2. The third-order valence-electron chi connectivity index (χ3n) is 9.97. The fraction of sp³-hybridized carbons (Fsp3) is 0.0667. The summed E-state index contributed by atoms with van der Waals surface area (Å²) in [5.41, 5.74) is 14.9. The summed E-state index contributed by atoms with van der Waals surface area (Å²) in [4.78, 5) is 10.2. The number of rotatable bonds is 5. The van der Waals surface area contributed by atoms with Crippen LogP contribution in [-0.4, -0.2) is 16.2 Å². The van der Waals surface area contributed by atoms with Gasteiger partial charge in [0.1, 0.15) is 17.0 Å². The van der Waals surface area contributed by atoms with Gasteiger partial charge in [-0.2, -0.15) is 0 Å². The number of allylic oxidation sites excluding steroid dienone is 3.